The summed E-state index contributed by atoms with van der Waals surface area (Å²) in [5.74, 6) is 1.21. The SMILES string of the molecule is CCNC(CCOC)c1cc(Cl)c(OC)c(OC)c1. The van der Waals surface area contributed by atoms with Crippen LogP contribution in [0.25, 0.3) is 0 Å². The molecule has 0 spiro atoms. The third-order valence-corrected chi connectivity index (χ3v) is 3.20. The molecule has 0 aromatic heterocycles. The zero-order chi connectivity index (χ0) is 14.3. The predicted octanol–water partition coefficient (Wildman–Crippen LogP) is 3.04. The molecule has 1 N–H and O–H groups in total. The Kier molecular flexibility index (Phi) is 6.99. The molecule has 0 amide bonds. The lowest BCUT2D eigenvalue weighted by molar-refractivity contribution is 0.183. The first-order valence-electron chi connectivity index (χ1n) is 6.31. The van der Waals surface area contributed by atoms with Crippen molar-refractivity contribution >= 4 is 11.6 Å². The number of hydrogen-bond acceptors (Lipinski definition) is 4. The molecule has 1 atom stereocenters. The summed E-state index contributed by atoms with van der Waals surface area (Å²) in [6.07, 6.45) is 0.871. The van der Waals surface area contributed by atoms with Gasteiger partial charge in [-0.25, -0.2) is 0 Å². The number of methoxy groups -OCH3 is 3. The van der Waals surface area contributed by atoms with E-state index in [2.05, 4.69) is 12.2 Å². The van der Waals surface area contributed by atoms with Crippen LogP contribution in [-0.2, 0) is 4.74 Å². The number of halogens is 1. The fourth-order valence-corrected chi connectivity index (χ4v) is 2.30. The average Bonchev–Trinajstić information content (AvgIpc) is 2.42. The molecule has 0 aliphatic heterocycles. The third kappa shape index (κ3) is 4.27. The Morgan fingerprint density at radius 2 is 1.95 bits per heavy atom. The van der Waals surface area contributed by atoms with Gasteiger partial charge in [-0.1, -0.05) is 18.5 Å². The average molecular weight is 288 g/mol. The summed E-state index contributed by atoms with van der Waals surface area (Å²) in [6, 6.07) is 4.04. The van der Waals surface area contributed by atoms with E-state index < -0.39 is 0 Å². The fraction of sp³-hybridized carbons (Fsp3) is 0.571. The minimum atomic E-state index is 0.183. The lowest BCUT2D eigenvalue weighted by Gasteiger charge is -2.20. The molecular formula is C14H22ClNO3. The van der Waals surface area contributed by atoms with Crippen LogP contribution in [0.3, 0.4) is 0 Å². The van der Waals surface area contributed by atoms with Gasteiger partial charge in [-0.15, -0.1) is 0 Å². The molecule has 4 nitrogen and oxygen atoms in total. The largest absolute Gasteiger partial charge is 0.493 e. The van der Waals surface area contributed by atoms with E-state index in [0.29, 0.717) is 23.1 Å². The second-order valence-electron chi connectivity index (χ2n) is 4.13. The lowest BCUT2D eigenvalue weighted by atomic mass is 10.0. The summed E-state index contributed by atoms with van der Waals surface area (Å²) in [5.41, 5.74) is 1.07. The van der Waals surface area contributed by atoms with Crippen molar-refractivity contribution in [1.29, 1.82) is 0 Å². The molecule has 0 radical (unpaired) electrons. The van der Waals surface area contributed by atoms with Crippen molar-refractivity contribution < 1.29 is 14.2 Å². The van der Waals surface area contributed by atoms with Crippen molar-refractivity contribution in [1.82, 2.24) is 5.32 Å². The van der Waals surface area contributed by atoms with Crippen LogP contribution in [0.5, 0.6) is 11.5 Å². The van der Waals surface area contributed by atoms with E-state index in [4.69, 9.17) is 25.8 Å². The quantitative estimate of drug-likeness (QED) is 0.798. The molecule has 5 heteroatoms. The molecule has 1 unspecified atom stereocenters. The molecule has 0 aliphatic rings. The number of ether oxygens (including phenoxy) is 3. The normalized spacial score (nSPS) is 12.3. The minimum Gasteiger partial charge on any atom is -0.493 e. The molecule has 108 valence electrons. The highest BCUT2D eigenvalue weighted by Gasteiger charge is 2.16. The van der Waals surface area contributed by atoms with Crippen molar-refractivity contribution in [3.8, 4) is 11.5 Å². The van der Waals surface area contributed by atoms with E-state index in [0.717, 1.165) is 18.5 Å². The zero-order valence-electron chi connectivity index (χ0n) is 12.0. The Morgan fingerprint density at radius 1 is 1.21 bits per heavy atom. The van der Waals surface area contributed by atoms with E-state index >= 15 is 0 Å². The van der Waals surface area contributed by atoms with Gasteiger partial charge in [-0.3, -0.25) is 0 Å². The number of benzene rings is 1. The number of rotatable bonds is 8. The Morgan fingerprint density at radius 3 is 2.47 bits per heavy atom. The van der Waals surface area contributed by atoms with E-state index in [1.165, 1.54) is 0 Å². The first-order valence-corrected chi connectivity index (χ1v) is 6.69. The summed E-state index contributed by atoms with van der Waals surface area (Å²) in [5, 5.41) is 3.97. The predicted molar refractivity (Wildman–Crippen MR) is 77.5 cm³/mol. The molecule has 19 heavy (non-hydrogen) atoms. The minimum absolute atomic E-state index is 0.183. The van der Waals surface area contributed by atoms with Crippen LogP contribution in [0, 0.1) is 0 Å². The maximum atomic E-state index is 6.23. The Balaban J connectivity index is 3.05. The van der Waals surface area contributed by atoms with Gasteiger partial charge in [0.2, 0.25) is 0 Å². The summed E-state index contributed by atoms with van der Waals surface area (Å²) in [7, 11) is 4.88. The van der Waals surface area contributed by atoms with Crippen LogP contribution in [0.4, 0.5) is 0 Å². The first kappa shape index (κ1) is 16.1. The summed E-state index contributed by atoms with van der Waals surface area (Å²) >= 11 is 6.23. The van der Waals surface area contributed by atoms with Crippen molar-refractivity contribution in [2.75, 3.05) is 34.5 Å². The third-order valence-electron chi connectivity index (χ3n) is 2.92. The maximum Gasteiger partial charge on any atom is 0.179 e. The Labute approximate surface area is 120 Å². The van der Waals surface area contributed by atoms with Crippen LogP contribution in [0.1, 0.15) is 24.9 Å². The standard InChI is InChI=1S/C14H22ClNO3/c1-5-16-12(6-7-17-2)10-8-11(15)14(19-4)13(9-10)18-3/h8-9,12,16H,5-7H2,1-4H3. The molecule has 1 rings (SSSR count). The van der Waals surface area contributed by atoms with Crippen LogP contribution in [0.2, 0.25) is 5.02 Å². The van der Waals surface area contributed by atoms with Gasteiger partial charge in [0.05, 0.1) is 19.2 Å². The van der Waals surface area contributed by atoms with Crippen LogP contribution < -0.4 is 14.8 Å². The van der Waals surface area contributed by atoms with Crippen molar-refractivity contribution in [3.05, 3.63) is 22.7 Å². The summed E-state index contributed by atoms with van der Waals surface area (Å²) in [6.45, 7) is 3.63. The van der Waals surface area contributed by atoms with Crippen LogP contribution >= 0.6 is 11.6 Å². The van der Waals surface area contributed by atoms with Gasteiger partial charge in [0, 0.05) is 19.8 Å². The Hall–Kier alpha value is -0.970. The highest BCUT2D eigenvalue weighted by atomic mass is 35.5. The first-order chi connectivity index (χ1) is 9.17. The zero-order valence-corrected chi connectivity index (χ0v) is 12.7. The van der Waals surface area contributed by atoms with Gasteiger partial charge in [-0.2, -0.15) is 0 Å². The van der Waals surface area contributed by atoms with Crippen molar-refractivity contribution in [2.45, 2.75) is 19.4 Å². The smallest absolute Gasteiger partial charge is 0.179 e. The molecule has 1 aromatic carbocycles. The van der Waals surface area contributed by atoms with Gasteiger partial charge in [0.15, 0.2) is 11.5 Å². The van der Waals surface area contributed by atoms with E-state index in [1.54, 1.807) is 21.3 Å². The van der Waals surface area contributed by atoms with Gasteiger partial charge < -0.3 is 19.5 Å². The summed E-state index contributed by atoms with van der Waals surface area (Å²) < 4.78 is 15.7. The lowest BCUT2D eigenvalue weighted by Crippen LogP contribution is -2.22. The molecule has 0 saturated carbocycles. The van der Waals surface area contributed by atoms with Crippen LogP contribution in [0.15, 0.2) is 12.1 Å². The number of hydrogen-bond donors (Lipinski definition) is 1. The van der Waals surface area contributed by atoms with E-state index in [9.17, 15) is 0 Å². The molecule has 1 aromatic rings. The highest BCUT2D eigenvalue weighted by molar-refractivity contribution is 6.32. The molecule has 0 heterocycles. The van der Waals surface area contributed by atoms with Crippen molar-refractivity contribution in [2.24, 2.45) is 0 Å². The van der Waals surface area contributed by atoms with E-state index in [-0.39, 0.29) is 6.04 Å². The van der Waals surface area contributed by atoms with E-state index in [1.807, 2.05) is 12.1 Å². The van der Waals surface area contributed by atoms with Gasteiger partial charge in [-0.05, 0) is 30.7 Å². The second kappa shape index (κ2) is 8.25. The molecule has 0 saturated heterocycles. The van der Waals surface area contributed by atoms with Crippen LogP contribution in [-0.4, -0.2) is 34.5 Å². The molecule has 0 aliphatic carbocycles. The highest BCUT2D eigenvalue weighted by Crippen LogP contribution is 2.38. The van der Waals surface area contributed by atoms with Crippen molar-refractivity contribution in [3.63, 3.8) is 0 Å². The Bertz CT molecular complexity index is 399. The topological polar surface area (TPSA) is 39.7 Å². The molecular weight excluding hydrogens is 266 g/mol. The number of nitrogens with one attached hydrogen (secondary N) is 1. The van der Waals surface area contributed by atoms with Gasteiger partial charge >= 0.3 is 0 Å². The monoisotopic (exact) mass is 287 g/mol. The van der Waals surface area contributed by atoms with Gasteiger partial charge in [0.25, 0.3) is 0 Å². The fourth-order valence-electron chi connectivity index (χ4n) is 2.01. The maximum absolute atomic E-state index is 6.23. The van der Waals surface area contributed by atoms with Gasteiger partial charge in [0.1, 0.15) is 0 Å². The summed E-state index contributed by atoms with van der Waals surface area (Å²) in [4.78, 5) is 0. The molecule has 0 bridgehead atoms. The molecule has 0 fully saturated rings. The second-order valence-corrected chi connectivity index (χ2v) is 4.54.